The number of hydrogen-bond acceptors (Lipinski definition) is 2. The smallest absolute Gasteiger partial charge is 0.108 e. The maximum absolute atomic E-state index is 5.44. The van der Waals surface area contributed by atoms with Gasteiger partial charge in [-0.3, -0.25) is 0 Å². The highest BCUT2D eigenvalue weighted by atomic mass is 16.5. The maximum Gasteiger partial charge on any atom is 0.108 e. The number of rotatable bonds is 6. The molecule has 0 atom stereocenters. The molecule has 0 unspecified atom stereocenters. The lowest BCUT2D eigenvalue weighted by Crippen LogP contribution is -2.21. The zero-order valence-corrected chi connectivity index (χ0v) is 10.1. The molecule has 0 bridgehead atoms. The van der Waals surface area contributed by atoms with Crippen LogP contribution >= 0.6 is 0 Å². The molecule has 0 radical (unpaired) electrons. The Kier molecular flexibility index (Phi) is 6.09. The average molecular weight is 197 g/mol. The molecule has 2 nitrogen and oxygen atoms in total. The third-order valence-electron chi connectivity index (χ3n) is 1.83. The predicted octanol–water partition coefficient (Wildman–Crippen LogP) is 3.07. The molecule has 0 fully saturated rings. The summed E-state index contributed by atoms with van der Waals surface area (Å²) < 4.78 is 5.44. The fraction of sp³-hybridized carbons (Fsp3) is 0.667. The van der Waals surface area contributed by atoms with Gasteiger partial charge in [0.25, 0.3) is 0 Å². The summed E-state index contributed by atoms with van der Waals surface area (Å²) in [7, 11) is 0. The second-order valence-corrected chi connectivity index (χ2v) is 3.96. The van der Waals surface area contributed by atoms with E-state index in [-0.39, 0.29) is 6.10 Å². The van der Waals surface area contributed by atoms with E-state index in [1.54, 1.807) is 0 Å². The van der Waals surface area contributed by atoms with Crippen molar-refractivity contribution in [2.24, 2.45) is 5.92 Å². The summed E-state index contributed by atoms with van der Waals surface area (Å²) in [4.78, 5) is 0. The highest BCUT2D eigenvalue weighted by Gasteiger charge is 2.03. The molecule has 0 aromatic rings. The average Bonchev–Trinajstić information content (AvgIpc) is 2.03. The molecule has 14 heavy (non-hydrogen) atoms. The maximum atomic E-state index is 5.44. The van der Waals surface area contributed by atoms with Crippen molar-refractivity contribution in [2.45, 2.75) is 40.7 Å². The molecule has 0 aromatic heterocycles. The summed E-state index contributed by atoms with van der Waals surface area (Å²) in [6.45, 7) is 14.9. The summed E-state index contributed by atoms with van der Waals surface area (Å²) in [6.07, 6.45) is 2.30. The lowest BCUT2D eigenvalue weighted by Gasteiger charge is -2.17. The van der Waals surface area contributed by atoms with Crippen LogP contribution in [0.25, 0.3) is 0 Å². The fourth-order valence-electron chi connectivity index (χ4n) is 1.22. The van der Waals surface area contributed by atoms with Gasteiger partial charge in [-0.15, -0.1) is 0 Å². The highest BCUT2D eigenvalue weighted by molar-refractivity contribution is 5.03. The van der Waals surface area contributed by atoms with Gasteiger partial charge in [0.15, 0.2) is 0 Å². The van der Waals surface area contributed by atoms with Gasteiger partial charge in [0, 0.05) is 5.70 Å². The highest BCUT2D eigenvalue weighted by Crippen LogP contribution is 2.06. The van der Waals surface area contributed by atoms with Gasteiger partial charge < -0.3 is 10.1 Å². The van der Waals surface area contributed by atoms with Crippen LogP contribution < -0.4 is 5.32 Å². The van der Waals surface area contributed by atoms with Crippen molar-refractivity contribution in [2.75, 3.05) is 6.54 Å². The SMILES string of the molecule is C=C(CN/C(=C\C)C(C)C)OC(C)C. The number of nitrogens with one attached hydrogen (secondary N) is 1. The van der Waals surface area contributed by atoms with E-state index in [2.05, 4.69) is 31.8 Å². The Balaban J connectivity index is 3.87. The Bertz CT molecular complexity index is 204. The molecule has 2 heteroatoms. The van der Waals surface area contributed by atoms with E-state index in [1.165, 1.54) is 5.70 Å². The van der Waals surface area contributed by atoms with Crippen LogP contribution in [0.15, 0.2) is 24.1 Å². The van der Waals surface area contributed by atoms with Gasteiger partial charge in [-0.05, 0) is 26.7 Å². The third kappa shape index (κ3) is 5.68. The van der Waals surface area contributed by atoms with Crippen LogP contribution in [0.4, 0.5) is 0 Å². The molecule has 0 rings (SSSR count). The van der Waals surface area contributed by atoms with Crippen LogP contribution in [0.3, 0.4) is 0 Å². The van der Waals surface area contributed by atoms with Crippen LogP contribution in [0.5, 0.6) is 0 Å². The van der Waals surface area contributed by atoms with Crippen LogP contribution in [-0.4, -0.2) is 12.6 Å². The van der Waals surface area contributed by atoms with E-state index in [4.69, 9.17) is 4.74 Å². The fourth-order valence-corrected chi connectivity index (χ4v) is 1.22. The van der Waals surface area contributed by atoms with Gasteiger partial charge in [-0.1, -0.05) is 26.5 Å². The molecular formula is C12H23NO. The summed E-state index contributed by atoms with van der Waals surface area (Å²) in [5.41, 5.74) is 1.23. The Labute approximate surface area is 88.0 Å². The molecular weight excluding hydrogens is 174 g/mol. The zero-order chi connectivity index (χ0) is 11.1. The van der Waals surface area contributed by atoms with Gasteiger partial charge in [0.2, 0.25) is 0 Å². The van der Waals surface area contributed by atoms with Crippen molar-refractivity contribution < 1.29 is 4.74 Å². The van der Waals surface area contributed by atoms with Crippen LogP contribution in [-0.2, 0) is 4.74 Å². The van der Waals surface area contributed by atoms with Gasteiger partial charge >= 0.3 is 0 Å². The van der Waals surface area contributed by atoms with Crippen molar-refractivity contribution in [3.63, 3.8) is 0 Å². The van der Waals surface area contributed by atoms with Crippen LogP contribution in [0, 0.1) is 5.92 Å². The van der Waals surface area contributed by atoms with Gasteiger partial charge in [0.05, 0.1) is 12.6 Å². The minimum absolute atomic E-state index is 0.206. The molecule has 0 spiro atoms. The van der Waals surface area contributed by atoms with E-state index < -0.39 is 0 Å². The molecule has 0 saturated heterocycles. The van der Waals surface area contributed by atoms with E-state index in [1.807, 2.05) is 20.8 Å². The van der Waals surface area contributed by atoms with Crippen molar-refractivity contribution in [1.29, 1.82) is 0 Å². The Morgan fingerprint density at radius 3 is 2.29 bits per heavy atom. The lowest BCUT2D eigenvalue weighted by atomic mass is 10.1. The number of allylic oxidation sites excluding steroid dienone is 2. The molecule has 0 aliphatic heterocycles. The largest absolute Gasteiger partial charge is 0.494 e. The van der Waals surface area contributed by atoms with Crippen LogP contribution in [0.2, 0.25) is 0 Å². The molecule has 0 heterocycles. The van der Waals surface area contributed by atoms with Crippen molar-refractivity contribution >= 4 is 0 Å². The van der Waals surface area contributed by atoms with E-state index in [9.17, 15) is 0 Å². The first kappa shape index (κ1) is 13.1. The monoisotopic (exact) mass is 197 g/mol. The second kappa shape index (κ2) is 6.52. The minimum atomic E-state index is 0.206. The van der Waals surface area contributed by atoms with Crippen molar-refractivity contribution in [3.8, 4) is 0 Å². The Hall–Kier alpha value is -0.920. The molecule has 1 N–H and O–H groups in total. The third-order valence-corrected chi connectivity index (χ3v) is 1.83. The predicted molar refractivity (Wildman–Crippen MR) is 62.0 cm³/mol. The van der Waals surface area contributed by atoms with E-state index >= 15 is 0 Å². The first-order chi connectivity index (χ1) is 6.47. The first-order valence-electron chi connectivity index (χ1n) is 5.21. The molecule has 82 valence electrons. The van der Waals surface area contributed by atoms with E-state index in [0.29, 0.717) is 12.5 Å². The molecule has 0 aromatic carbocycles. The van der Waals surface area contributed by atoms with Gasteiger partial charge in [-0.25, -0.2) is 0 Å². The second-order valence-electron chi connectivity index (χ2n) is 3.96. The molecule has 0 saturated carbocycles. The quantitative estimate of drug-likeness (QED) is 0.661. The van der Waals surface area contributed by atoms with Crippen molar-refractivity contribution in [3.05, 3.63) is 24.1 Å². The lowest BCUT2D eigenvalue weighted by molar-refractivity contribution is 0.144. The minimum Gasteiger partial charge on any atom is -0.494 e. The van der Waals surface area contributed by atoms with Gasteiger partial charge in [-0.2, -0.15) is 0 Å². The number of ether oxygens (including phenoxy) is 1. The van der Waals surface area contributed by atoms with Crippen LogP contribution in [0.1, 0.15) is 34.6 Å². The first-order valence-corrected chi connectivity index (χ1v) is 5.21. The number of hydrogen-bond donors (Lipinski definition) is 1. The zero-order valence-electron chi connectivity index (χ0n) is 10.1. The van der Waals surface area contributed by atoms with E-state index in [0.717, 1.165) is 5.76 Å². The molecule has 0 aliphatic carbocycles. The summed E-state index contributed by atoms with van der Waals surface area (Å²) in [5.74, 6) is 1.31. The van der Waals surface area contributed by atoms with Crippen molar-refractivity contribution in [1.82, 2.24) is 5.32 Å². The molecule has 0 aliphatic rings. The Morgan fingerprint density at radius 1 is 1.36 bits per heavy atom. The Morgan fingerprint density at radius 2 is 1.93 bits per heavy atom. The summed E-state index contributed by atoms with van der Waals surface area (Å²) in [5, 5.41) is 3.31. The standard InChI is InChI=1S/C12H23NO/c1-7-12(9(2)3)13-8-11(6)14-10(4)5/h7,9-10,13H,6,8H2,1-5H3/b12-7-. The normalized spacial score (nSPS) is 12.1. The topological polar surface area (TPSA) is 21.3 Å². The van der Waals surface area contributed by atoms with Gasteiger partial charge in [0.1, 0.15) is 5.76 Å². The summed E-state index contributed by atoms with van der Waals surface area (Å²) >= 11 is 0. The summed E-state index contributed by atoms with van der Waals surface area (Å²) in [6, 6.07) is 0. The molecule has 0 amide bonds.